The molecule has 16 heavy (non-hydrogen) atoms. The third-order valence-corrected chi connectivity index (χ3v) is 3.73. The molecular weight excluding hydrogens is 275 g/mol. The summed E-state index contributed by atoms with van der Waals surface area (Å²) in [5.41, 5.74) is 0. The zero-order valence-electron chi connectivity index (χ0n) is 8.31. The van der Waals surface area contributed by atoms with Crippen molar-refractivity contribution in [3.8, 4) is 0 Å². The Morgan fingerprint density at radius 1 is 1.56 bits per heavy atom. The van der Waals surface area contributed by atoms with Gasteiger partial charge in [0, 0.05) is 12.7 Å². The first-order valence-corrected chi connectivity index (χ1v) is 6.55. The largest absolute Gasteiger partial charge is 0.392 e. The summed E-state index contributed by atoms with van der Waals surface area (Å²) in [5, 5.41) is 9.07. The number of sulfonamides is 1. The number of hydrogen-bond acceptors (Lipinski definition) is 4. The van der Waals surface area contributed by atoms with E-state index in [1.54, 1.807) is 0 Å². The number of aliphatic hydroxyl groups is 1. The third kappa shape index (κ3) is 3.57. The molecule has 0 fully saturated rings. The minimum atomic E-state index is -3.71. The van der Waals surface area contributed by atoms with Crippen molar-refractivity contribution in [1.29, 1.82) is 0 Å². The average Bonchev–Trinajstić information content (AvgIpc) is 2.19. The topological polar surface area (TPSA) is 79.3 Å². The summed E-state index contributed by atoms with van der Waals surface area (Å²) in [6, 6.07) is 1.20. The van der Waals surface area contributed by atoms with Gasteiger partial charge in [-0.1, -0.05) is 23.2 Å². The number of nitrogens with zero attached hydrogens (tertiary/aromatic N) is 1. The van der Waals surface area contributed by atoms with Crippen LogP contribution >= 0.6 is 23.2 Å². The van der Waals surface area contributed by atoms with Gasteiger partial charge in [0.1, 0.15) is 10.0 Å². The fourth-order valence-corrected chi connectivity index (χ4v) is 2.29. The molecule has 2 N–H and O–H groups in total. The predicted octanol–water partition coefficient (Wildman–Crippen LogP) is 1.05. The molecule has 5 nitrogen and oxygen atoms in total. The normalized spacial score (nSPS) is 13.8. The molecule has 0 amide bonds. The number of pyridine rings is 1. The fourth-order valence-electron chi connectivity index (χ4n) is 0.864. The molecule has 1 aromatic heterocycles. The molecular formula is C8H10Cl2N2O3S. The van der Waals surface area contributed by atoms with Crippen LogP contribution in [0.5, 0.6) is 0 Å². The van der Waals surface area contributed by atoms with E-state index in [0.29, 0.717) is 0 Å². The molecule has 0 bridgehead atoms. The lowest BCUT2D eigenvalue weighted by Crippen LogP contribution is -2.30. The Labute approximate surface area is 103 Å². The monoisotopic (exact) mass is 284 g/mol. The van der Waals surface area contributed by atoms with Crippen molar-refractivity contribution >= 4 is 33.2 Å². The van der Waals surface area contributed by atoms with Gasteiger partial charge in [-0.2, -0.15) is 0 Å². The molecule has 0 aliphatic carbocycles. The summed E-state index contributed by atoms with van der Waals surface area (Å²) < 4.78 is 25.5. The van der Waals surface area contributed by atoms with Gasteiger partial charge in [-0.15, -0.1) is 0 Å². The molecule has 0 aliphatic heterocycles. The van der Waals surface area contributed by atoms with Crippen molar-refractivity contribution in [2.45, 2.75) is 17.9 Å². The first kappa shape index (κ1) is 13.7. The van der Waals surface area contributed by atoms with Gasteiger partial charge in [0.15, 0.2) is 0 Å². The number of aliphatic hydroxyl groups excluding tert-OH is 1. The van der Waals surface area contributed by atoms with Gasteiger partial charge in [0.2, 0.25) is 10.0 Å². The lowest BCUT2D eigenvalue weighted by Gasteiger charge is -2.08. The molecule has 0 aromatic carbocycles. The van der Waals surface area contributed by atoms with E-state index in [0.717, 1.165) is 6.20 Å². The highest BCUT2D eigenvalue weighted by atomic mass is 35.5. The highest BCUT2D eigenvalue weighted by Gasteiger charge is 2.16. The summed E-state index contributed by atoms with van der Waals surface area (Å²) in [6.45, 7) is 1.39. The lowest BCUT2D eigenvalue weighted by atomic mass is 10.4. The van der Waals surface area contributed by atoms with Crippen molar-refractivity contribution in [3.05, 3.63) is 22.4 Å². The van der Waals surface area contributed by atoms with Crippen LogP contribution in [0.2, 0.25) is 10.2 Å². The van der Waals surface area contributed by atoms with E-state index in [4.69, 9.17) is 28.3 Å². The lowest BCUT2D eigenvalue weighted by molar-refractivity contribution is 0.198. The van der Waals surface area contributed by atoms with E-state index in [-0.39, 0.29) is 21.6 Å². The van der Waals surface area contributed by atoms with Crippen LogP contribution in [0.4, 0.5) is 0 Å². The van der Waals surface area contributed by atoms with E-state index in [9.17, 15) is 8.42 Å². The van der Waals surface area contributed by atoms with Crippen LogP contribution in [0.25, 0.3) is 0 Å². The van der Waals surface area contributed by atoms with E-state index in [1.165, 1.54) is 13.0 Å². The number of halogens is 2. The van der Waals surface area contributed by atoms with Gasteiger partial charge in [-0.25, -0.2) is 18.1 Å². The Morgan fingerprint density at radius 2 is 2.19 bits per heavy atom. The van der Waals surface area contributed by atoms with Crippen LogP contribution in [-0.2, 0) is 10.0 Å². The van der Waals surface area contributed by atoms with Gasteiger partial charge in [-0.3, -0.25) is 0 Å². The highest BCUT2D eigenvalue weighted by molar-refractivity contribution is 7.89. The van der Waals surface area contributed by atoms with Crippen LogP contribution in [-0.4, -0.2) is 31.2 Å². The van der Waals surface area contributed by atoms with E-state index in [1.807, 2.05) is 0 Å². The Bertz CT molecular complexity index is 476. The zero-order valence-corrected chi connectivity index (χ0v) is 10.6. The number of hydrogen-bond donors (Lipinski definition) is 2. The first-order chi connectivity index (χ1) is 7.33. The summed E-state index contributed by atoms with van der Waals surface area (Å²) in [7, 11) is -3.71. The van der Waals surface area contributed by atoms with Crippen LogP contribution in [0.15, 0.2) is 17.2 Å². The zero-order chi connectivity index (χ0) is 12.3. The molecule has 0 saturated carbocycles. The Kier molecular flexibility index (Phi) is 4.52. The standard InChI is InChI=1S/C8H10Cl2N2O3S/c1-5(13)3-12-16(14,15)6-2-7(9)8(10)11-4-6/h2,4-5,12-13H,3H2,1H3. The average molecular weight is 285 g/mol. The molecule has 1 aromatic rings. The molecule has 1 unspecified atom stereocenters. The second-order valence-corrected chi connectivity index (χ2v) is 5.68. The fraction of sp³-hybridized carbons (Fsp3) is 0.375. The smallest absolute Gasteiger partial charge is 0.242 e. The second kappa shape index (κ2) is 5.29. The SMILES string of the molecule is CC(O)CNS(=O)(=O)c1cnc(Cl)c(Cl)c1. The predicted molar refractivity (Wildman–Crippen MR) is 61.1 cm³/mol. The minimum absolute atomic E-state index is 0.0381. The van der Waals surface area contributed by atoms with Crippen molar-refractivity contribution in [2.24, 2.45) is 0 Å². The van der Waals surface area contributed by atoms with Gasteiger partial charge in [0.05, 0.1) is 11.1 Å². The number of nitrogens with one attached hydrogen (secondary N) is 1. The molecule has 1 heterocycles. The summed E-state index contributed by atoms with van der Waals surface area (Å²) in [6.07, 6.45) is 0.323. The first-order valence-electron chi connectivity index (χ1n) is 4.31. The van der Waals surface area contributed by atoms with Crippen molar-refractivity contribution in [2.75, 3.05) is 6.54 Å². The maximum absolute atomic E-state index is 11.6. The maximum atomic E-state index is 11.6. The van der Waals surface area contributed by atoms with E-state index in [2.05, 4.69) is 9.71 Å². The molecule has 8 heteroatoms. The molecule has 1 atom stereocenters. The van der Waals surface area contributed by atoms with Crippen molar-refractivity contribution < 1.29 is 13.5 Å². The van der Waals surface area contributed by atoms with E-state index < -0.39 is 16.1 Å². The van der Waals surface area contributed by atoms with Crippen LogP contribution in [0, 0.1) is 0 Å². The Morgan fingerprint density at radius 3 is 2.69 bits per heavy atom. The quantitative estimate of drug-likeness (QED) is 0.810. The second-order valence-electron chi connectivity index (χ2n) is 3.14. The summed E-state index contributed by atoms with van der Waals surface area (Å²) in [5.74, 6) is 0. The summed E-state index contributed by atoms with van der Waals surface area (Å²) >= 11 is 11.2. The van der Waals surface area contributed by atoms with Gasteiger partial charge in [0.25, 0.3) is 0 Å². The highest BCUT2D eigenvalue weighted by Crippen LogP contribution is 2.21. The number of rotatable bonds is 4. The molecule has 1 rings (SSSR count). The molecule has 0 aliphatic rings. The van der Waals surface area contributed by atoms with Gasteiger partial charge >= 0.3 is 0 Å². The van der Waals surface area contributed by atoms with E-state index >= 15 is 0 Å². The minimum Gasteiger partial charge on any atom is -0.392 e. The van der Waals surface area contributed by atoms with Crippen molar-refractivity contribution in [3.63, 3.8) is 0 Å². The summed E-state index contributed by atoms with van der Waals surface area (Å²) in [4.78, 5) is 3.53. The van der Waals surface area contributed by atoms with Crippen LogP contribution in [0.3, 0.4) is 0 Å². The Balaban J connectivity index is 2.94. The molecule has 90 valence electrons. The maximum Gasteiger partial charge on any atom is 0.242 e. The molecule has 0 saturated heterocycles. The molecule has 0 spiro atoms. The Hall–Kier alpha value is -0.400. The third-order valence-electron chi connectivity index (χ3n) is 1.65. The number of aromatic nitrogens is 1. The molecule has 0 radical (unpaired) electrons. The van der Waals surface area contributed by atoms with Gasteiger partial charge < -0.3 is 5.11 Å². The van der Waals surface area contributed by atoms with Gasteiger partial charge in [-0.05, 0) is 13.0 Å². The van der Waals surface area contributed by atoms with Crippen LogP contribution in [0.1, 0.15) is 6.92 Å². The van der Waals surface area contributed by atoms with Crippen LogP contribution < -0.4 is 4.72 Å². The van der Waals surface area contributed by atoms with Crippen molar-refractivity contribution in [1.82, 2.24) is 9.71 Å².